The highest BCUT2D eigenvalue weighted by Gasteiger charge is 2.06. The van der Waals surface area contributed by atoms with Crippen molar-refractivity contribution in [1.82, 2.24) is 5.32 Å². The molecule has 0 aliphatic rings. The summed E-state index contributed by atoms with van der Waals surface area (Å²) < 4.78 is 0. The number of nitrogens with one attached hydrogen (secondary N) is 1. The van der Waals surface area contributed by atoms with Gasteiger partial charge in [-0.3, -0.25) is 4.79 Å². The smallest absolute Gasteiger partial charge is 0.217 e. The summed E-state index contributed by atoms with van der Waals surface area (Å²) in [6, 6.07) is 14.5. The van der Waals surface area contributed by atoms with Crippen LogP contribution in [0.4, 0.5) is 0 Å². The normalized spacial score (nSPS) is 12.4. The zero-order valence-electron chi connectivity index (χ0n) is 9.53. The first-order chi connectivity index (χ1) is 7.66. The largest absolute Gasteiger partial charge is 0.350 e. The van der Waals surface area contributed by atoms with Gasteiger partial charge >= 0.3 is 0 Å². The van der Waals surface area contributed by atoms with Gasteiger partial charge in [0.15, 0.2) is 0 Å². The van der Waals surface area contributed by atoms with E-state index in [1.54, 1.807) is 0 Å². The maximum Gasteiger partial charge on any atom is 0.217 e. The van der Waals surface area contributed by atoms with Crippen LogP contribution in [0.3, 0.4) is 0 Å². The van der Waals surface area contributed by atoms with Crippen molar-refractivity contribution in [3.05, 3.63) is 48.0 Å². The Morgan fingerprint density at radius 2 is 1.81 bits per heavy atom. The second kappa shape index (κ2) is 4.35. The van der Waals surface area contributed by atoms with Crippen molar-refractivity contribution in [2.75, 3.05) is 0 Å². The Kier molecular flexibility index (Phi) is 2.91. The SMILES string of the molecule is CC(=O)NC(C)c1ccc2ccccc2c1. The van der Waals surface area contributed by atoms with Crippen molar-refractivity contribution in [2.45, 2.75) is 19.9 Å². The van der Waals surface area contributed by atoms with Crippen LogP contribution in [-0.4, -0.2) is 5.91 Å². The van der Waals surface area contributed by atoms with E-state index in [1.807, 2.05) is 19.1 Å². The summed E-state index contributed by atoms with van der Waals surface area (Å²) in [5.74, 6) is 0.000610. The third kappa shape index (κ3) is 2.22. The van der Waals surface area contributed by atoms with E-state index in [1.165, 1.54) is 17.7 Å². The highest BCUT2D eigenvalue weighted by molar-refractivity contribution is 5.83. The van der Waals surface area contributed by atoms with Crippen LogP contribution in [0.15, 0.2) is 42.5 Å². The standard InChI is InChI=1S/C14H15NO/c1-10(15-11(2)16)13-8-7-12-5-3-4-6-14(12)9-13/h3-10H,1-2H3,(H,15,16). The van der Waals surface area contributed by atoms with Crippen LogP contribution in [0.2, 0.25) is 0 Å². The van der Waals surface area contributed by atoms with Gasteiger partial charge in [-0.1, -0.05) is 36.4 Å². The Morgan fingerprint density at radius 1 is 1.12 bits per heavy atom. The summed E-state index contributed by atoms with van der Waals surface area (Å²) in [5, 5.41) is 5.31. The molecule has 1 amide bonds. The van der Waals surface area contributed by atoms with Gasteiger partial charge in [0, 0.05) is 6.92 Å². The average molecular weight is 213 g/mol. The number of amides is 1. The van der Waals surface area contributed by atoms with Crippen LogP contribution in [-0.2, 0) is 4.79 Å². The first-order valence-electron chi connectivity index (χ1n) is 5.42. The lowest BCUT2D eigenvalue weighted by Crippen LogP contribution is -2.23. The molecule has 0 fully saturated rings. The van der Waals surface area contributed by atoms with Crippen molar-refractivity contribution >= 4 is 16.7 Å². The van der Waals surface area contributed by atoms with Crippen LogP contribution in [0, 0.1) is 0 Å². The van der Waals surface area contributed by atoms with Gasteiger partial charge in [-0.25, -0.2) is 0 Å². The van der Waals surface area contributed by atoms with Crippen LogP contribution in [0.5, 0.6) is 0 Å². The molecule has 16 heavy (non-hydrogen) atoms. The molecule has 1 N–H and O–H groups in total. The minimum atomic E-state index is 0.000610. The fraction of sp³-hybridized carbons (Fsp3) is 0.214. The van der Waals surface area contributed by atoms with Crippen LogP contribution in [0.1, 0.15) is 25.5 Å². The van der Waals surface area contributed by atoms with E-state index in [-0.39, 0.29) is 11.9 Å². The van der Waals surface area contributed by atoms with Gasteiger partial charge in [0.25, 0.3) is 0 Å². The predicted molar refractivity (Wildman–Crippen MR) is 66.2 cm³/mol. The number of benzene rings is 2. The van der Waals surface area contributed by atoms with Gasteiger partial charge < -0.3 is 5.32 Å². The minimum Gasteiger partial charge on any atom is -0.350 e. The van der Waals surface area contributed by atoms with E-state index in [2.05, 4.69) is 35.6 Å². The maximum absolute atomic E-state index is 11.0. The summed E-state index contributed by atoms with van der Waals surface area (Å²) in [6.07, 6.45) is 0. The maximum atomic E-state index is 11.0. The highest BCUT2D eigenvalue weighted by atomic mass is 16.1. The molecule has 2 rings (SSSR count). The Bertz CT molecular complexity index is 519. The van der Waals surface area contributed by atoms with Gasteiger partial charge in [-0.15, -0.1) is 0 Å². The minimum absolute atomic E-state index is 0.000610. The number of hydrogen-bond donors (Lipinski definition) is 1. The van der Waals surface area contributed by atoms with E-state index in [4.69, 9.17) is 0 Å². The Hall–Kier alpha value is -1.83. The van der Waals surface area contributed by atoms with Crippen LogP contribution >= 0.6 is 0 Å². The van der Waals surface area contributed by atoms with E-state index in [9.17, 15) is 4.79 Å². The molecule has 0 saturated carbocycles. The fourth-order valence-electron chi connectivity index (χ4n) is 1.87. The van der Waals surface area contributed by atoms with Gasteiger partial charge in [0.05, 0.1) is 6.04 Å². The zero-order chi connectivity index (χ0) is 11.5. The molecule has 2 aromatic carbocycles. The predicted octanol–water partition coefficient (Wildman–Crippen LogP) is 3.04. The fourth-order valence-corrected chi connectivity index (χ4v) is 1.87. The Morgan fingerprint density at radius 3 is 2.50 bits per heavy atom. The summed E-state index contributed by atoms with van der Waals surface area (Å²) in [6.45, 7) is 3.53. The number of carbonyl (C=O) groups is 1. The molecule has 0 aromatic heterocycles. The summed E-state index contributed by atoms with van der Waals surface area (Å²) >= 11 is 0. The Labute approximate surface area is 95.3 Å². The highest BCUT2D eigenvalue weighted by Crippen LogP contribution is 2.19. The summed E-state index contributed by atoms with van der Waals surface area (Å²) in [7, 11) is 0. The molecule has 2 nitrogen and oxygen atoms in total. The molecular weight excluding hydrogens is 198 g/mol. The van der Waals surface area contributed by atoms with Gasteiger partial charge in [-0.05, 0) is 29.3 Å². The van der Waals surface area contributed by atoms with Crippen LogP contribution in [0.25, 0.3) is 10.8 Å². The van der Waals surface area contributed by atoms with Gasteiger partial charge in [0.1, 0.15) is 0 Å². The lowest BCUT2D eigenvalue weighted by atomic mass is 10.0. The van der Waals surface area contributed by atoms with E-state index >= 15 is 0 Å². The molecule has 2 aromatic rings. The molecule has 0 aliphatic heterocycles. The third-order valence-corrected chi connectivity index (χ3v) is 2.69. The second-order valence-electron chi connectivity index (χ2n) is 4.03. The van der Waals surface area contributed by atoms with Crippen LogP contribution < -0.4 is 5.32 Å². The monoisotopic (exact) mass is 213 g/mol. The van der Waals surface area contributed by atoms with Crippen molar-refractivity contribution < 1.29 is 4.79 Å². The molecule has 0 bridgehead atoms. The van der Waals surface area contributed by atoms with Crippen molar-refractivity contribution in [3.8, 4) is 0 Å². The molecule has 1 atom stereocenters. The second-order valence-corrected chi connectivity index (χ2v) is 4.03. The van der Waals surface area contributed by atoms with Gasteiger partial charge in [-0.2, -0.15) is 0 Å². The van der Waals surface area contributed by atoms with E-state index < -0.39 is 0 Å². The molecule has 82 valence electrons. The van der Waals surface area contributed by atoms with Crippen molar-refractivity contribution in [3.63, 3.8) is 0 Å². The summed E-state index contributed by atoms with van der Waals surface area (Å²) in [5.41, 5.74) is 1.13. The van der Waals surface area contributed by atoms with E-state index in [0.717, 1.165) is 5.56 Å². The third-order valence-electron chi connectivity index (χ3n) is 2.69. The average Bonchev–Trinajstić information content (AvgIpc) is 2.27. The molecular formula is C14H15NO. The first kappa shape index (κ1) is 10.7. The lowest BCUT2D eigenvalue weighted by molar-refractivity contribution is -0.119. The molecule has 0 aliphatic carbocycles. The number of fused-ring (bicyclic) bond motifs is 1. The molecule has 0 radical (unpaired) electrons. The van der Waals surface area contributed by atoms with Crippen molar-refractivity contribution in [2.24, 2.45) is 0 Å². The van der Waals surface area contributed by atoms with Gasteiger partial charge in [0.2, 0.25) is 5.91 Å². The topological polar surface area (TPSA) is 29.1 Å². The summed E-state index contributed by atoms with van der Waals surface area (Å²) in [4.78, 5) is 11.0. The molecule has 2 heteroatoms. The molecule has 0 heterocycles. The van der Waals surface area contributed by atoms with Crippen molar-refractivity contribution in [1.29, 1.82) is 0 Å². The van der Waals surface area contributed by atoms with E-state index in [0.29, 0.717) is 0 Å². The molecule has 0 spiro atoms. The number of carbonyl (C=O) groups excluding carboxylic acids is 1. The number of hydrogen-bond acceptors (Lipinski definition) is 1. The lowest BCUT2D eigenvalue weighted by Gasteiger charge is -2.13. The zero-order valence-corrected chi connectivity index (χ0v) is 9.53. The Balaban J connectivity index is 2.35. The number of rotatable bonds is 2. The molecule has 0 saturated heterocycles. The quantitative estimate of drug-likeness (QED) is 0.816. The first-order valence-corrected chi connectivity index (χ1v) is 5.42. The molecule has 1 unspecified atom stereocenters.